The molecule has 17 heavy (non-hydrogen) atoms. The Morgan fingerprint density at radius 3 is 2.59 bits per heavy atom. The van der Waals surface area contributed by atoms with Crippen molar-refractivity contribution in [3.63, 3.8) is 0 Å². The molecule has 0 spiro atoms. The second-order valence-electron chi connectivity index (χ2n) is 5.62. The third kappa shape index (κ3) is 4.49. The minimum atomic E-state index is 0. The summed E-state index contributed by atoms with van der Waals surface area (Å²) in [5, 5.41) is 10.6. The van der Waals surface area contributed by atoms with Crippen molar-refractivity contribution in [2.75, 3.05) is 0 Å². The number of aromatic amines is 1. The van der Waals surface area contributed by atoms with Crippen LogP contribution < -0.4 is 5.32 Å². The standard InChI is InChI=1S/C12H21N3.2ClH/c1-9-6-12(2,3)7-11(9)13-8-10-4-5-14-15-10;;/h4-5,9,11,13H,6-8H2,1-3H3,(H,14,15);2*1H. The Labute approximate surface area is 116 Å². The molecule has 1 aliphatic rings. The summed E-state index contributed by atoms with van der Waals surface area (Å²) >= 11 is 0. The van der Waals surface area contributed by atoms with Crippen LogP contribution in [0, 0.1) is 11.3 Å². The lowest BCUT2D eigenvalue weighted by Gasteiger charge is -2.18. The molecule has 2 rings (SSSR count). The molecule has 2 atom stereocenters. The minimum Gasteiger partial charge on any atom is -0.308 e. The molecule has 0 amide bonds. The largest absolute Gasteiger partial charge is 0.308 e. The monoisotopic (exact) mass is 279 g/mol. The summed E-state index contributed by atoms with van der Waals surface area (Å²) in [6, 6.07) is 2.68. The second kappa shape index (κ2) is 6.62. The first-order valence-corrected chi connectivity index (χ1v) is 5.78. The van der Waals surface area contributed by atoms with Gasteiger partial charge in [0.25, 0.3) is 0 Å². The fourth-order valence-electron chi connectivity index (χ4n) is 2.79. The SMILES string of the molecule is CC1CC(C)(C)CC1NCc1ccn[nH]1.Cl.Cl. The van der Waals surface area contributed by atoms with Gasteiger partial charge in [0.05, 0.1) is 0 Å². The maximum absolute atomic E-state index is 3.95. The maximum Gasteiger partial charge on any atom is 0.0490 e. The van der Waals surface area contributed by atoms with Crippen molar-refractivity contribution in [1.29, 1.82) is 0 Å². The lowest BCUT2D eigenvalue weighted by Crippen LogP contribution is -2.31. The summed E-state index contributed by atoms with van der Waals surface area (Å²) in [4.78, 5) is 0. The fraction of sp³-hybridized carbons (Fsp3) is 0.750. The molecule has 0 bridgehead atoms. The number of nitrogens with zero attached hydrogens (tertiary/aromatic N) is 1. The highest BCUT2D eigenvalue weighted by Crippen LogP contribution is 2.40. The van der Waals surface area contributed by atoms with E-state index in [9.17, 15) is 0 Å². The number of nitrogens with one attached hydrogen (secondary N) is 2. The molecule has 1 heterocycles. The topological polar surface area (TPSA) is 40.7 Å². The van der Waals surface area contributed by atoms with E-state index < -0.39 is 0 Å². The van der Waals surface area contributed by atoms with Crippen LogP contribution in [0.2, 0.25) is 0 Å². The lowest BCUT2D eigenvalue weighted by molar-refractivity contribution is 0.362. The van der Waals surface area contributed by atoms with Crippen molar-refractivity contribution in [2.45, 2.75) is 46.2 Å². The normalized spacial score (nSPS) is 26.1. The van der Waals surface area contributed by atoms with Gasteiger partial charge in [-0.25, -0.2) is 0 Å². The van der Waals surface area contributed by atoms with Crippen molar-refractivity contribution in [2.24, 2.45) is 11.3 Å². The van der Waals surface area contributed by atoms with Crippen LogP contribution >= 0.6 is 24.8 Å². The first kappa shape index (κ1) is 16.8. The molecule has 0 saturated heterocycles. The first-order chi connectivity index (χ1) is 7.07. The number of rotatable bonds is 3. The van der Waals surface area contributed by atoms with Crippen LogP contribution in [-0.2, 0) is 6.54 Å². The van der Waals surface area contributed by atoms with Crippen LogP contribution in [0.4, 0.5) is 0 Å². The average Bonchev–Trinajstić information content (AvgIpc) is 2.70. The van der Waals surface area contributed by atoms with E-state index in [1.807, 2.05) is 6.07 Å². The van der Waals surface area contributed by atoms with Crippen LogP contribution in [0.3, 0.4) is 0 Å². The maximum atomic E-state index is 3.95. The van der Waals surface area contributed by atoms with Gasteiger partial charge in [0.15, 0.2) is 0 Å². The van der Waals surface area contributed by atoms with Gasteiger partial charge in [-0.2, -0.15) is 5.10 Å². The molecule has 1 aliphatic carbocycles. The number of H-pyrrole nitrogens is 1. The van der Waals surface area contributed by atoms with E-state index in [1.165, 1.54) is 18.5 Å². The Morgan fingerprint density at radius 1 is 1.41 bits per heavy atom. The highest BCUT2D eigenvalue weighted by Gasteiger charge is 2.36. The molecule has 3 nitrogen and oxygen atoms in total. The summed E-state index contributed by atoms with van der Waals surface area (Å²) < 4.78 is 0. The lowest BCUT2D eigenvalue weighted by atomic mass is 9.91. The Balaban J connectivity index is 0.00000128. The van der Waals surface area contributed by atoms with Crippen LogP contribution in [0.5, 0.6) is 0 Å². The smallest absolute Gasteiger partial charge is 0.0490 e. The van der Waals surface area contributed by atoms with Crippen molar-refractivity contribution in [3.05, 3.63) is 18.0 Å². The third-order valence-electron chi connectivity index (χ3n) is 3.45. The van der Waals surface area contributed by atoms with Gasteiger partial charge in [-0.1, -0.05) is 20.8 Å². The van der Waals surface area contributed by atoms with Gasteiger partial charge in [-0.05, 0) is 30.2 Å². The summed E-state index contributed by atoms with van der Waals surface area (Å²) in [5.74, 6) is 0.780. The van der Waals surface area contributed by atoms with E-state index in [0.717, 1.165) is 12.5 Å². The Bertz CT molecular complexity index is 312. The van der Waals surface area contributed by atoms with Crippen molar-refractivity contribution < 1.29 is 0 Å². The van der Waals surface area contributed by atoms with Gasteiger partial charge >= 0.3 is 0 Å². The van der Waals surface area contributed by atoms with E-state index in [1.54, 1.807) is 6.20 Å². The molecule has 0 radical (unpaired) electrons. The number of aromatic nitrogens is 2. The molecule has 2 N–H and O–H groups in total. The Hall–Kier alpha value is -0.250. The molecule has 1 aromatic rings. The van der Waals surface area contributed by atoms with E-state index >= 15 is 0 Å². The van der Waals surface area contributed by atoms with Crippen LogP contribution in [-0.4, -0.2) is 16.2 Å². The second-order valence-corrected chi connectivity index (χ2v) is 5.62. The van der Waals surface area contributed by atoms with Crippen LogP contribution in [0.25, 0.3) is 0 Å². The van der Waals surface area contributed by atoms with E-state index in [-0.39, 0.29) is 24.8 Å². The zero-order valence-corrected chi connectivity index (χ0v) is 12.3. The number of halogens is 2. The predicted molar refractivity (Wildman–Crippen MR) is 75.9 cm³/mol. The van der Waals surface area contributed by atoms with Crippen molar-refractivity contribution in [3.8, 4) is 0 Å². The summed E-state index contributed by atoms with van der Waals surface area (Å²) in [6.07, 6.45) is 4.41. The van der Waals surface area contributed by atoms with Crippen LogP contribution in [0.15, 0.2) is 12.3 Å². The Kier molecular flexibility index (Phi) is 6.52. The van der Waals surface area contributed by atoms with E-state index in [0.29, 0.717) is 11.5 Å². The fourth-order valence-corrected chi connectivity index (χ4v) is 2.79. The minimum absolute atomic E-state index is 0. The van der Waals surface area contributed by atoms with Crippen molar-refractivity contribution >= 4 is 24.8 Å². The first-order valence-electron chi connectivity index (χ1n) is 5.78. The number of hydrogen-bond acceptors (Lipinski definition) is 2. The Morgan fingerprint density at radius 2 is 2.12 bits per heavy atom. The van der Waals surface area contributed by atoms with Gasteiger partial charge < -0.3 is 5.32 Å². The molecule has 1 fully saturated rings. The van der Waals surface area contributed by atoms with Gasteiger partial charge in [-0.3, -0.25) is 5.10 Å². The van der Waals surface area contributed by atoms with Crippen molar-refractivity contribution in [1.82, 2.24) is 15.5 Å². The molecular weight excluding hydrogens is 257 g/mol. The summed E-state index contributed by atoms with van der Waals surface area (Å²) in [6.45, 7) is 7.98. The van der Waals surface area contributed by atoms with E-state index in [4.69, 9.17) is 0 Å². The molecule has 0 aliphatic heterocycles. The van der Waals surface area contributed by atoms with E-state index in [2.05, 4.69) is 36.3 Å². The molecule has 0 aromatic carbocycles. The zero-order valence-electron chi connectivity index (χ0n) is 10.7. The molecule has 1 saturated carbocycles. The number of hydrogen-bond donors (Lipinski definition) is 2. The molecule has 2 unspecified atom stereocenters. The highest BCUT2D eigenvalue weighted by atomic mass is 35.5. The highest BCUT2D eigenvalue weighted by molar-refractivity contribution is 5.85. The molecule has 5 heteroatoms. The molecular formula is C12H23Cl2N3. The van der Waals surface area contributed by atoms with Crippen LogP contribution in [0.1, 0.15) is 39.3 Å². The molecule has 100 valence electrons. The quantitative estimate of drug-likeness (QED) is 0.893. The van der Waals surface area contributed by atoms with Gasteiger partial charge in [-0.15, -0.1) is 24.8 Å². The zero-order chi connectivity index (χ0) is 10.9. The molecule has 1 aromatic heterocycles. The average molecular weight is 280 g/mol. The third-order valence-corrected chi connectivity index (χ3v) is 3.45. The van der Waals surface area contributed by atoms with Gasteiger partial charge in [0.2, 0.25) is 0 Å². The summed E-state index contributed by atoms with van der Waals surface area (Å²) in [5.41, 5.74) is 1.68. The van der Waals surface area contributed by atoms with Gasteiger partial charge in [0, 0.05) is 24.5 Å². The predicted octanol–water partition coefficient (Wildman–Crippen LogP) is 3.17. The summed E-state index contributed by atoms with van der Waals surface area (Å²) in [7, 11) is 0. The van der Waals surface area contributed by atoms with Gasteiger partial charge in [0.1, 0.15) is 0 Å².